The van der Waals surface area contributed by atoms with Crippen molar-refractivity contribution in [1.82, 2.24) is 4.98 Å². The lowest BCUT2D eigenvalue weighted by Crippen LogP contribution is -2.30. The Balaban J connectivity index is 2.48. The van der Waals surface area contributed by atoms with Crippen LogP contribution >= 0.6 is 11.3 Å². The van der Waals surface area contributed by atoms with E-state index in [1.165, 1.54) is 16.8 Å². The van der Waals surface area contributed by atoms with E-state index < -0.39 is 0 Å². The predicted octanol–water partition coefficient (Wildman–Crippen LogP) is 10.3. The van der Waals surface area contributed by atoms with Gasteiger partial charge in [0.25, 0.3) is 0 Å². The second-order valence-corrected chi connectivity index (χ2v) is 17.0. The van der Waals surface area contributed by atoms with Gasteiger partial charge in [-0.3, -0.25) is 0 Å². The summed E-state index contributed by atoms with van der Waals surface area (Å²) < 4.78 is 0. The van der Waals surface area contributed by atoms with E-state index in [0.29, 0.717) is 0 Å². The zero-order valence-corrected chi connectivity index (χ0v) is 26.3. The van der Waals surface area contributed by atoms with Crippen LogP contribution in [0.1, 0.15) is 156 Å². The molecule has 0 aliphatic heterocycles. The first kappa shape index (κ1) is 29.2. The molecule has 0 aromatic carbocycles. The van der Waals surface area contributed by atoms with Gasteiger partial charge in [-0.25, -0.2) is 0 Å². The molecule has 0 atom stereocenters. The number of hydrogen-bond acceptors (Lipinski definition) is 1. The molecule has 0 saturated heterocycles. The Bertz CT molecular complexity index is 900. The standard InChI is InChI=1S/C32H55NS/c1-27(2,3)21-19-33-25(23(21)28(4,5)6)32(15,16)18-17-31(13,14)22-20-34-26(30(10,11)12)24(22)29(7,8)9/h19-20,33H,17-18H2,1-16H3. The van der Waals surface area contributed by atoms with Gasteiger partial charge in [0, 0.05) is 22.2 Å². The summed E-state index contributed by atoms with van der Waals surface area (Å²) in [5.41, 5.74) is 8.32. The molecule has 2 heteroatoms. The molecule has 0 fully saturated rings. The summed E-state index contributed by atoms with van der Waals surface area (Å²) in [7, 11) is 0. The molecule has 2 aromatic rings. The maximum atomic E-state index is 3.77. The van der Waals surface area contributed by atoms with Crippen molar-refractivity contribution in [2.45, 2.75) is 156 Å². The fourth-order valence-electron chi connectivity index (χ4n) is 5.36. The highest BCUT2D eigenvalue weighted by Gasteiger charge is 2.39. The number of aromatic amines is 1. The van der Waals surface area contributed by atoms with E-state index in [9.17, 15) is 0 Å². The first-order chi connectivity index (χ1) is 14.9. The molecule has 0 spiro atoms. The minimum atomic E-state index is 0.0775. The Morgan fingerprint density at radius 3 is 1.44 bits per heavy atom. The van der Waals surface area contributed by atoms with Gasteiger partial charge in [-0.2, -0.15) is 0 Å². The van der Waals surface area contributed by atoms with E-state index in [1.54, 1.807) is 16.0 Å². The lowest BCUT2D eigenvalue weighted by atomic mass is 9.67. The molecule has 2 aromatic heterocycles. The van der Waals surface area contributed by atoms with Crippen LogP contribution in [0, 0.1) is 0 Å². The Hall–Kier alpha value is -1.02. The van der Waals surface area contributed by atoms with Crippen molar-refractivity contribution in [2.24, 2.45) is 0 Å². The molecule has 0 bridgehead atoms. The SMILES string of the molecule is CC(C)(C)c1c[nH]c(C(C)(C)CCC(C)(C)c2csc(C(C)(C)C)c2C(C)(C)C)c1C(C)(C)C. The molecule has 0 saturated carbocycles. The van der Waals surface area contributed by atoms with Gasteiger partial charge < -0.3 is 4.98 Å². The normalized spacial score (nSPS) is 14.7. The topological polar surface area (TPSA) is 15.8 Å². The third-order valence-corrected chi connectivity index (χ3v) is 8.85. The van der Waals surface area contributed by atoms with Crippen LogP contribution in [-0.4, -0.2) is 4.98 Å². The van der Waals surface area contributed by atoms with E-state index in [4.69, 9.17) is 0 Å². The van der Waals surface area contributed by atoms with Gasteiger partial charge in [0.1, 0.15) is 0 Å². The third-order valence-electron chi connectivity index (χ3n) is 7.44. The molecule has 0 amide bonds. The Morgan fingerprint density at radius 2 is 1.03 bits per heavy atom. The summed E-state index contributed by atoms with van der Waals surface area (Å²) in [6.45, 7) is 38.2. The summed E-state index contributed by atoms with van der Waals surface area (Å²) in [5.74, 6) is 0. The smallest absolute Gasteiger partial charge is 0.0245 e. The molecule has 2 rings (SSSR count). The van der Waals surface area contributed by atoms with Gasteiger partial charge in [0.2, 0.25) is 0 Å². The monoisotopic (exact) mass is 485 g/mol. The van der Waals surface area contributed by atoms with Gasteiger partial charge >= 0.3 is 0 Å². The van der Waals surface area contributed by atoms with Crippen molar-refractivity contribution < 1.29 is 0 Å². The van der Waals surface area contributed by atoms with Crippen LogP contribution in [0.5, 0.6) is 0 Å². The Kier molecular flexibility index (Phi) is 7.58. The average Bonchev–Trinajstić information content (AvgIpc) is 3.24. The van der Waals surface area contributed by atoms with Crippen LogP contribution in [-0.2, 0) is 32.5 Å². The molecule has 34 heavy (non-hydrogen) atoms. The maximum Gasteiger partial charge on any atom is 0.0245 e. The van der Waals surface area contributed by atoms with Crippen molar-refractivity contribution in [3.63, 3.8) is 0 Å². The number of thiophene rings is 1. The van der Waals surface area contributed by atoms with Crippen molar-refractivity contribution in [3.05, 3.63) is 44.4 Å². The fraction of sp³-hybridized carbons (Fsp3) is 0.750. The summed E-state index contributed by atoms with van der Waals surface area (Å²) in [6.07, 6.45) is 4.60. The molecule has 1 nitrogen and oxygen atoms in total. The Labute approximate surface area is 216 Å². The largest absolute Gasteiger partial charge is 0.364 e. The third kappa shape index (κ3) is 6.03. The molecule has 0 unspecified atom stereocenters. The van der Waals surface area contributed by atoms with E-state index in [-0.39, 0.29) is 32.5 Å². The number of rotatable bonds is 5. The number of aromatic nitrogens is 1. The summed E-state index contributed by atoms with van der Waals surface area (Å²) in [4.78, 5) is 5.32. The number of nitrogens with one attached hydrogen (secondary N) is 1. The van der Waals surface area contributed by atoms with Gasteiger partial charge in [0.05, 0.1) is 0 Å². The van der Waals surface area contributed by atoms with Gasteiger partial charge in [0.15, 0.2) is 0 Å². The second kappa shape index (κ2) is 8.82. The lowest BCUT2D eigenvalue weighted by Gasteiger charge is -2.37. The van der Waals surface area contributed by atoms with Crippen LogP contribution in [0.3, 0.4) is 0 Å². The van der Waals surface area contributed by atoms with E-state index >= 15 is 0 Å². The highest BCUT2D eigenvalue weighted by molar-refractivity contribution is 7.10. The minimum Gasteiger partial charge on any atom is -0.364 e. The first-order valence-corrected chi connectivity index (χ1v) is 14.1. The van der Waals surface area contributed by atoms with E-state index in [0.717, 1.165) is 12.8 Å². The number of hydrogen-bond donors (Lipinski definition) is 1. The molecule has 0 radical (unpaired) electrons. The quantitative estimate of drug-likeness (QED) is 0.433. The van der Waals surface area contributed by atoms with Gasteiger partial charge in [-0.1, -0.05) is 111 Å². The van der Waals surface area contributed by atoms with Crippen LogP contribution in [0.2, 0.25) is 0 Å². The highest BCUT2D eigenvalue weighted by atomic mass is 32.1. The summed E-state index contributed by atoms with van der Waals surface area (Å²) in [5, 5.41) is 2.47. The Morgan fingerprint density at radius 1 is 0.559 bits per heavy atom. The zero-order valence-electron chi connectivity index (χ0n) is 25.5. The van der Waals surface area contributed by atoms with E-state index in [1.807, 2.05) is 11.3 Å². The van der Waals surface area contributed by atoms with Crippen molar-refractivity contribution >= 4 is 11.3 Å². The molecule has 194 valence electrons. The predicted molar refractivity (Wildman–Crippen MR) is 155 cm³/mol. The van der Waals surface area contributed by atoms with Crippen LogP contribution in [0.4, 0.5) is 0 Å². The molecule has 0 aliphatic carbocycles. The molecular weight excluding hydrogens is 430 g/mol. The van der Waals surface area contributed by atoms with Gasteiger partial charge in [-0.05, 0) is 67.6 Å². The van der Waals surface area contributed by atoms with Crippen molar-refractivity contribution in [3.8, 4) is 0 Å². The van der Waals surface area contributed by atoms with E-state index in [2.05, 4.69) is 127 Å². The fourth-order valence-corrected chi connectivity index (χ4v) is 6.92. The van der Waals surface area contributed by atoms with Gasteiger partial charge in [-0.15, -0.1) is 11.3 Å². The second-order valence-electron chi connectivity index (χ2n) is 16.1. The van der Waals surface area contributed by atoms with Crippen molar-refractivity contribution in [1.29, 1.82) is 0 Å². The summed E-state index contributed by atoms with van der Waals surface area (Å²) >= 11 is 1.97. The van der Waals surface area contributed by atoms with Crippen LogP contribution in [0.15, 0.2) is 11.6 Å². The van der Waals surface area contributed by atoms with Crippen LogP contribution < -0.4 is 0 Å². The molecule has 1 N–H and O–H groups in total. The average molecular weight is 486 g/mol. The lowest BCUT2D eigenvalue weighted by molar-refractivity contribution is 0.359. The zero-order chi connectivity index (χ0) is 26.7. The minimum absolute atomic E-state index is 0.0775. The molecule has 0 aliphatic rings. The molecular formula is C32H55NS. The van der Waals surface area contributed by atoms with Crippen LogP contribution in [0.25, 0.3) is 0 Å². The number of H-pyrrole nitrogens is 1. The molecule has 2 heterocycles. The summed E-state index contributed by atoms with van der Waals surface area (Å²) in [6, 6.07) is 0. The highest BCUT2D eigenvalue weighted by Crippen LogP contribution is 2.48. The first-order valence-electron chi connectivity index (χ1n) is 13.3. The van der Waals surface area contributed by atoms with Crippen molar-refractivity contribution in [2.75, 3.05) is 0 Å². The maximum absolute atomic E-state index is 3.77.